The minimum absolute atomic E-state index is 0.0276. The Morgan fingerprint density at radius 2 is 1.83 bits per heavy atom. The van der Waals surface area contributed by atoms with Crippen LogP contribution in [0, 0.1) is 10.1 Å². The fraction of sp³-hybridized carbons (Fsp3) is 0.250. The summed E-state index contributed by atoms with van der Waals surface area (Å²) in [6, 6.07) is 13.3. The monoisotopic (exact) mass is 427 g/mol. The fourth-order valence-electron chi connectivity index (χ4n) is 2.75. The number of carbonyl (C=O) groups excluding carboxylic acids is 1. The van der Waals surface area contributed by atoms with Gasteiger partial charge in [0.1, 0.15) is 5.75 Å². The molecule has 1 heterocycles. The molecule has 0 unspecified atom stereocenters. The van der Waals surface area contributed by atoms with E-state index in [0.29, 0.717) is 24.0 Å². The number of nitrogens with one attached hydrogen (secondary N) is 1. The highest BCUT2D eigenvalue weighted by atomic mass is 32.2. The molecular weight excluding hydrogens is 406 g/mol. The number of amides is 1. The van der Waals surface area contributed by atoms with Gasteiger partial charge < -0.3 is 14.6 Å². The molecule has 0 bridgehead atoms. The molecule has 30 heavy (non-hydrogen) atoms. The molecule has 1 N–H and O–H groups in total. The van der Waals surface area contributed by atoms with Crippen LogP contribution in [-0.2, 0) is 11.3 Å². The van der Waals surface area contributed by atoms with Gasteiger partial charge in [-0.3, -0.25) is 14.9 Å². The van der Waals surface area contributed by atoms with E-state index in [1.54, 1.807) is 0 Å². The molecule has 156 valence electrons. The van der Waals surface area contributed by atoms with Crippen LogP contribution in [0.2, 0.25) is 0 Å². The van der Waals surface area contributed by atoms with Gasteiger partial charge in [0.05, 0.1) is 17.3 Å². The van der Waals surface area contributed by atoms with E-state index < -0.39 is 4.92 Å². The van der Waals surface area contributed by atoms with E-state index in [4.69, 9.17) is 4.74 Å². The summed E-state index contributed by atoms with van der Waals surface area (Å²) in [6.45, 7) is 5.18. The van der Waals surface area contributed by atoms with Crippen molar-refractivity contribution in [1.29, 1.82) is 0 Å². The van der Waals surface area contributed by atoms with Crippen LogP contribution in [0.4, 0.5) is 11.4 Å². The second-order valence-corrected chi connectivity index (χ2v) is 7.09. The maximum atomic E-state index is 12.2. The summed E-state index contributed by atoms with van der Waals surface area (Å²) in [5.41, 5.74) is 1.38. The standard InChI is InChI=1S/C20H21N5O4S/c1-3-24-19(14-5-11-17(12-6-14)29-4-2)22-23-20(24)30-13-18(26)21-15-7-9-16(10-8-15)25(27)28/h5-12H,3-4,13H2,1-2H3,(H,21,26). The van der Waals surface area contributed by atoms with Crippen LogP contribution in [0.25, 0.3) is 11.4 Å². The molecule has 0 saturated carbocycles. The molecule has 3 aromatic rings. The van der Waals surface area contributed by atoms with Crippen LogP contribution in [0.1, 0.15) is 13.8 Å². The second kappa shape index (κ2) is 9.88. The number of ether oxygens (including phenoxy) is 1. The first-order valence-electron chi connectivity index (χ1n) is 9.35. The van der Waals surface area contributed by atoms with E-state index in [0.717, 1.165) is 17.1 Å². The molecule has 0 aliphatic carbocycles. The Labute approximate surface area is 177 Å². The number of non-ortho nitro benzene ring substituents is 1. The van der Waals surface area contributed by atoms with Gasteiger partial charge in [0.15, 0.2) is 11.0 Å². The lowest BCUT2D eigenvalue weighted by Crippen LogP contribution is -2.14. The molecule has 10 heteroatoms. The number of benzene rings is 2. The topological polar surface area (TPSA) is 112 Å². The number of aromatic nitrogens is 3. The third-order valence-electron chi connectivity index (χ3n) is 4.15. The van der Waals surface area contributed by atoms with E-state index in [2.05, 4.69) is 15.5 Å². The number of nitrogens with zero attached hydrogens (tertiary/aromatic N) is 4. The molecule has 0 saturated heterocycles. The van der Waals surface area contributed by atoms with Crippen molar-refractivity contribution in [2.75, 3.05) is 17.7 Å². The molecule has 0 radical (unpaired) electrons. The Kier molecular flexibility index (Phi) is 7.02. The van der Waals surface area contributed by atoms with Gasteiger partial charge in [-0.2, -0.15) is 0 Å². The van der Waals surface area contributed by atoms with Crippen LogP contribution in [0.3, 0.4) is 0 Å². The smallest absolute Gasteiger partial charge is 0.269 e. The van der Waals surface area contributed by atoms with Gasteiger partial charge in [-0.25, -0.2) is 0 Å². The second-order valence-electron chi connectivity index (χ2n) is 6.15. The Bertz CT molecular complexity index is 1020. The van der Waals surface area contributed by atoms with E-state index in [9.17, 15) is 14.9 Å². The number of carbonyl (C=O) groups is 1. The lowest BCUT2D eigenvalue weighted by atomic mass is 10.2. The van der Waals surface area contributed by atoms with Crippen molar-refractivity contribution in [3.8, 4) is 17.1 Å². The van der Waals surface area contributed by atoms with Crippen molar-refractivity contribution in [3.05, 3.63) is 58.6 Å². The zero-order valence-electron chi connectivity index (χ0n) is 16.6. The summed E-state index contributed by atoms with van der Waals surface area (Å²) >= 11 is 1.28. The van der Waals surface area contributed by atoms with Crippen LogP contribution < -0.4 is 10.1 Å². The highest BCUT2D eigenvalue weighted by Crippen LogP contribution is 2.26. The SMILES string of the molecule is CCOc1ccc(-c2nnc(SCC(=O)Nc3ccc([N+](=O)[O-])cc3)n2CC)cc1. The lowest BCUT2D eigenvalue weighted by molar-refractivity contribution is -0.384. The average molecular weight is 427 g/mol. The maximum absolute atomic E-state index is 12.2. The number of hydrogen-bond donors (Lipinski definition) is 1. The molecule has 9 nitrogen and oxygen atoms in total. The summed E-state index contributed by atoms with van der Waals surface area (Å²) < 4.78 is 7.41. The van der Waals surface area contributed by atoms with Gasteiger partial charge in [0.25, 0.3) is 5.69 Å². The number of nitro groups is 1. The van der Waals surface area contributed by atoms with Gasteiger partial charge in [-0.05, 0) is 50.2 Å². The number of rotatable bonds is 9. The normalized spacial score (nSPS) is 10.6. The highest BCUT2D eigenvalue weighted by Gasteiger charge is 2.15. The zero-order valence-corrected chi connectivity index (χ0v) is 17.4. The van der Waals surface area contributed by atoms with Crippen molar-refractivity contribution in [1.82, 2.24) is 14.8 Å². The van der Waals surface area contributed by atoms with Crippen LogP contribution in [-0.4, -0.2) is 38.0 Å². The van der Waals surface area contributed by atoms with E-state index in [1.807, 2.05) is 42.7 Å². The molecule has 3 rings (SSSR count). The van der Waals surface area contributed by atoms with E-state index in [1.165, 1.54) is 36.0 Å². The fourth-order valence-corrected chi connectivity index (χ4v) is 3.56. The van der Waals surface area contributed by atoms with Gasteiger partial charge >= 0.3 is 0 Å². The predicted octanol–water partition coefficient (Wildman–Crippen LogP) is 4.00. The number of hydrogen-bond acceptors (Lipinski definition) is 7. The summed E-state index contributed by atoms with van der Waals surface area (Å²) in [7, 11) is 0. The molecule has 0 spiro atoms. The Morgan fingerprint density at radius 3 is 2.43 bits per heavy atom. The van der Waals surface area contributed by atoms with Crippen molar-refractivity contribution in [3.63, 3.8) is 0 Å². The Hall–Kier alpha value is -3.40. The molecule has 2 aromatic carbocycles. The summed E-state index contributed by atoms with van der Waals surface area (Å²) in [4.78, 5) is 22.5. The first-order valence-corrected chi connectivity index (χ1v) is 10.3. The molecule has 0 aliphatic rings. The third-order valence-corrected chi connectivity index (χ3v) is 5.12. The van der Waals surface area contributed by atoms with Crippen molar-refractivity contribution < 1.29 is 14.5 Å². The van der Waals surface area contributed by atoms with Crippen LogP contribution in [0.5, 0.6) is 5.75 Å². The number of nitro benzene ring substituents is 1. The van der Waals surface area contributed by atoms with Gasteiger partial charge in [0.2, 0.25) is 5.91 Å². The molecule has 0 atom stereocenters. The Balaban J connectivity index is 1.64. The number of thioether (sulfide) groups is 1. The highest BCUT2D eigenvalue weighted by molar-refractivity contribution is 7.99. The van der Waals surface area contributed by atoms with E-state index >= 15 is 0 Å². The molecule has 1 amide bonds. The quantitative estimate of drug-likeness (QED) is 0.312. The molecule has 0 aliphatic heterocycles. The largest absolute Gasteiger partial charge is 0.494 e. The van der Waals surface area contributed by atoms with E-state index in [-0.39, 0.29) is 17.3 Å². The van der Waals surface area contributed by atoms with Crippen molar-refractivity contribution >= 4 is 29.0 Å². The minimum atomic E-state index is -0.485. The Morgan fingerprint density at radius 1 is 1.13 bits per heavy atom. The summed E-state index contributed by atoms with van der Waals surface area (Å²) in [6.07, 6.45) is 0. The summed E-state index contributed by atoms with van der Waals surface area (Å²) in [5.74, 6) is 1.42. The first kappa shape index (κ1) is 21.3. The van der Waals surface area contributed by atoms with Gasteiger partial charge in [-0.1, -0.05) is 11.8 Å². The third kappa shape index (κ3) is 5.15. The average Bonchev–Trinajstić information content (AvgIpc) is 3.16. The van der Waals surface area contributed by atoms with Crippen molar-refractivity contribution in [2.45, 2.75) is 25.5 Å². The summed E-state index contributed by atoms with van der Waals surface area (Å²) in [5, 5.41) is 22.6. The maximum Gasteiger partial charge on any atom is 0.269 e. The van der Waals surface area contributed by atoms with Crippen LogP contribution >= 0.6 is 11.8 Å². The lowest BCUT2D eigenvalue weighted by Gasteiger charge is -2.09. The number of anilines is 1. The zero-order chi connectivity index (χ0) is 21.5. The molecule has 1 aromatic heterocycles. The van der Waals surface area contributed by atoms with Gasteiger partial charge in [-0.15, -0.1) is 10.2 Å². The van der Waals surface area contributed by atoms with Crippen LogP contribution in [0.15, 0.2) is 53.7 Å². The molecule has 0 fully saturated rings. The van der Waals surface area contributed by atoms with Crippen molar-refractivity contribution in [2.24, 2.45) is 0 Å². The minimum Gasteiger partial charge on any atom is -0.494 e. The predicted molar refractivity (Wildman–Crippen MR) is 115 cm³/mol. The van der Waals surface area contributed by atoms with Gasteiger partial charge in [0, 0.05) is 29.9 Å². The molecular formula is C20H21N5O4S. The first-order chi connectivity index (χ1) is 14.5.